The molecule has 2 aromatic rings. The summed E-state index contributed by atoms with van der Waals surface area (Å²) < 4.78 is 11.7. The Morgan fingerprint density at radius 2 is 1.86 bits per heavy atom. The maximum absolute atomic E-state index is 12.0. The van der Waals surface area contributed by atoms with E-state index in [0.717, 1.165) is 4.47 Å². The molecule has 2 N–H and O–H groups in total. The molecular formula is C14H13BrN2O4. The van der Waals surface area contributed by atoms with Crippen LogP contribution < -0.4 is 5.73 Å². The predicted molar refractivity (Wildman–Crippen MR) is 80.6 cm³/mol. The second kappa shape index (κ2) is 6.01. The van der Waals surface area contributed by atoms with Crippen LogP contribution in [-0.4, -0.2) is 30.7 Å². The highest BCUT2D eigenvalue weighted by molar-refractivity contribution is 9.10. The van der Waals surface area contributed by atoms with Crippen LogP contribution in [0, 0.1) is 0 Å². The van der Waals surface area contributed by atoms with Gasteiger partial charge >= 0.3 is 11.9 Å². The summed E-state index contributed by atoms with van der Waals surface area (Å²) in [5.74, 6) is -1.26. The summed E-state index contributed by atoms with van der Waals surface area (Å²) in [4.78, 5) is 23.7. The number of methoxy groups -OCH3 is 2. The Labute approximate surface area is 129 Å². The number of nitrogens with two attached hydrogens (primary N) is 1. The number of benzene rings is 1. The van der Waals surface area contributed by atoms with Gasteiger partial charge in [-0.3, -0.25) is 0 Å². The molecule has 0 amide bonds. The molecule has 0 saturated heterocycles. The van der Waals surface area contributed by atoms with Crippen molar-refractivity contribution in [1.29, 1.82) is 0 Å². The van der Waals surface area contributed by atoms with Crippen LogP contribution in [0.1, 0.15) is 20.8 Å². The molecule has 0 unspecified atom stereocenters. The van der Waals surface area contributed by atoms with Crippen LogP contribution in [0.15, 0.2) is 34.9 Å². The van der Waals surface area contributed by atoms with Crippen molar-refractivity contribution in [2.75, 3.05) is 20.0 Å². The first-order valence-corrected chi connectivity index (χ1v) is 6.72. The molecule has 0 aliphatic carbocycles. The van der Waals surface area contributed by atoms with Crippen molar-refractivity contribution in [2.45, 2.75) is 0 Å². The van der Waals surface area contributed by atoms with Crippen molar-refractivity contribution in [3.63, 3.8) is 0 Å². The SMILES string of the molecule is COC(=O)c1cn(-c2cccc(Br)c2)c(C(=O)OC)c1N. The van der Waals surface area contributed by atoms with E-state index in [1.807, 2.05) is 6.07 Å². The molecule has 0 aliphatic heterocycles. The number of nitrogen functional groups attached to an aromatic ring is 1. The molecule has 0 radical (unpaired) electrons. The average Bonchev–Trinajstić information content (AvgIpc) is 2.83. The maximum atomic E-state index is 12.0. The second-order valence-corrected chi connectivity index (χ2v) is 5.05. The van der Waals surface area contributed by atoms with Crippen LogP contribution in [0.2, 0.25) is 0 Å². The van der Waals surface area contributed by atoms with Crippen LogP contribution in [0.4, 0.5) is 5.69 Å². The van der Waals surface area contributed by atoms with Crippen molar-refractivity contribution in [3.8, 4) is 5.69 Å². The van der Waals surface area contributed by atoms with Crippen molar-refractivity contribution in [3.05, 3.63) is 46.2 Å². The van der Waals surface area contributed by atoms with Crippen LogP contribution >= 0.6 is 15.9 Å². The van der Waals surface area contributed by atoms with Gasteiger partial charge in [-0.15, -0.1) is 0 Å². The molecule has 1 heterocycles. The van der Waals surface area contributed by atoms with Gasteiger partial charge in [-0.2, -0.15) is 0 Å². The first-order chi connectivity index (χ1) is 9.99. The van der Waals surface area contributed by atoms with E-state index in [-0.39, 0.29) is 16.9 Å². The number of anilines is 1. The predicted octanol–water partition coefficient (Wildman–Crippen LogP) is 2.40. The Morgan fingerprint density at radius 3 is 2.43 bits per heavy atom. The van der Waals surface area contributed by atoms with Crippen LogP contribution in [0.5, 0.6) is 0 Å². The van der Waals surface area contributed by atoms with E-state index in [0.29, 0.717) is 5.69 Å². The fourth-order valence-electron chi connectivity index (χ4n) is 1.93. The van der Waals surface area contributed by atoms with Crippen molar-refractivity contribution in [1.82, 2.24) is 4.57 Å². The molecule has 7 heteroatoms. The summed E-state index contributed by atoms with van der Waals surface area (Å²) in [7, 11) is 2.49. The molecule has 21 heavy (non-hydrogen) atoms. The highest BCUT2D eigenvalue weighted by atomic mass is 79.9. The molecule has 1 aromatic heterocycles. The summed E-state index contributed by atoms with van der Waals surface area (Å²) in [5, 5.41) is 0. The first kappa shape index (κ1) is 15.1. The first-order valence-electron chi connectivity index (χ1n) is 5.93. The fraction of sp³-hybridized carbons (Fsp3) is 0.143. The lowest BCUT2D eigenvalue weighted by atomic mass is 10.2. The van der Waals surface area contributed by atoms with Crippen LogP contribution in [-0.2, 0) is 9.47 Å². The van der Waals surface area contributed by atoms with Gasteiger partial charge in [-0.05, 0) is 18.2 Å². The number of rotatable bonds is 3. The zero-order chi connectivity index (χ0) is 15.6. The number of esters is 2. The Balaban J connectivity index is 2.69. The van der Waals surface area contributed by atoms with E-state index >= 15 is 0 Å². The van der Waals surface area contributed by atoms with Gasteiger partial charge in [0.15, 0.2) is 5.69 Å². The van der Waals surface area contributed by atoms with Gasteiger partial charge in [0.1, 0.15) is 5.56 Å². The van der Waals surface area contributed by atoms with Crippen molar-refractivity contribution >= 4 is 33.6 Å². The zero-order valence-electron chi connectivity index (χ0n) is 11.4. The topological polar surface area (TPSA) is 83.5 Å². The highest BCUT2D eigenvalue weighted by Gasteiger charge is 2.25. The maximum Gasteiger partial charge on any atom is 0.357 e. The number of carbonyl (C=O) groups is 2. The molecule has 0 spiro atoms. The lowest BCUT2D eigenvalue weighted by Crippen LogP contribution is -2.11. The number of nitrogens with zero attached hydrogens (tertiary/aromatic N) is 1. The largest absolute Gasteiger partial charge is 0.465 e. The molecule has 0 saturated carbocycles. The molecule has 1 aromatic carbocycles. The molecule has 0 fully saturated rings. The van der Waals surface area contributed by atoms with Gasteiger partial charge in [0.2, 0.25) is 0 Å². The van der Waals surface area contributed by atoms with E-state index in [9.17, 15) is 9.59 Å². The molecular weight excluding hydrogens is 340 g/mol. The molecule has 0 atom stereocenters. The van der Waals surface area contributed by atoms with Crippen LogP contribution in [0.3, 0.4) is 0 Å². The van der Waals surface area contributed by atoms with E-state index in [1.165, 1.54) is 25.0 Å². The van der Waals surface area contributed by atoms with E-state index in [4.69, 9.17) is 10.5 Å². The average molecular weight is 353 g/mol. The Bertz CT molecular complexity index is 709. The van der Waals surface area contributed by atoms with Gasteiger partial charge in [-0.25, -0.2) is 9.59 Å². The van der Waals surface area contributed by atoms with E-state index in [1.54, 1.807) is 18.2 Å². The number of halogens is 1. The number of aromatic nitrogens is 1. The number of hydrogen-bond donors (Lipinski definition) is 1. The standard InChI is InChI=1S/C14H13BrN2O4/c1-20-13(18)10-7-17(9-5-3-4-8(15)6-9)12(11(10)16)14(19)21-2/h3-7H,16H2,1-2H3. The Morgan fingerprint density at radius 1 is 1.19 bits per heavy atom. The van der Waals surface area contributed by atoms with Gasteiger partial charge in [-0.1, -0.05) is 22.0 Å². The minimum absolute atomic E-state index is 0.0219. The third kappa shape index (κ3) is 2.78. The Kier molecular flexibility index (Phi) is 4.32. The highest BCUT2D eigenvalue weighted by Crippen LogP contribution is 2.27. The third-order valence-electron chi connectivity index (χ3n) is 2.91. The quantitative estimate of drug-likeness (QED) is 0.857. The summed E-state index contributed by atoms with van der Waals surface area (Å²) in [6.45, 7) is 0. The molecule has 0 bridgehead atoms. The molecule has 110 valence electrons. The Hall–Kier alpha value is -2.28. The minimum atomic E-state index is -0.636. The number of hydrogen-bond acceptors (Lipinski definition) is 5. The lowest BCUT2D eigenvalue weighted by molar-refractivity contribution is 0.0591. The van der Waals surface area contributed by atoms with Gasteiger partial charge in [0.25, 0.3) is 0 Å². The fourth-order valence-corrected chi connectivity index (χ4v) is 2.31. The molecule has 2 rings (SSSR count). The number of ether oxygens (including phenoxy) is 2. The third-order valence-corrected chi connectivity index (χ3v) is 3.41. The summed E-state index contributed by atoms with van der Waals surface area (Å²) in [6, 6.07) is 7.20. The summed E-state index contributed by atoms with van der Waals surface area (Å²) in [6.07, 6.45) is 1.45. The van der Waals surface area contributed by atoms with E-state index < -0.39 is 11.9 Å². The normalized spacial score (nSPS) is 10.2. The van der Waals surface area contributed by atoms with Crippen LogP contribution in [0.25, 0.3) is 5.69 Å². The molecule has 0 aliphatic rings. The van der Waals surface area contributed by atoms with Gasteiger partial charge in [0.05, 0.1) is 19.9 Å². The van der Waals surface area contributed by atoms with Crippen molar-refractivity contribution < 1.29 is 19.1 Å². The van der Waals surface area contributed by atoms with Gasteiger partial charge in [0, 0.05) is 16.4 Å². The van der Waals surface area contributed by atoms with Gasteiger partial charge < -0.3 is 19.8 Å². The minimum Gasteiger partial charge on any atom is -0.465 e. The summed E-state index contributed by atoms with van der Waals surface area (Å²) >= 11 is 3.35. The monoisotopic (exact) mass is 352 g/mol. The second-order valence-electron chi connectivity index (χ2n) is 4.14. The summed E-state index contributed by atoms with van der Waals surface area (Å²) in [5.41, 5.74) is 6.77. The number of carbonyl (C=O) groups excluding carboxylic acids is 2. The smallest absolute Gasteiger partial charge is 0.357 e. The zero-order valence-corrected chi connectivity index (χ0v) is 13.0. The molecule has 6 nitrogen and oxygen atoms in total. The van der Waals surface area contributed by atoms with Crippen molar-refractivity contribution in [2.24, 2.45) is 0 Å². The lowest BCUT2D eigenvalue weighted by Gasteiger charge is -2.08. The van der Waals surface area contributed by atoms with E-state index in [2.05, 4.69) is 20.7 Å².